The number of anilines is 1. The molecule has 1 aromatic heterocycles. The third kappa shape index (κ3) is 7.20. The van der Waals surface area contributed by atoms with Crippen LogP contribution < -0.4 is 16.0 Å². The first kappa shape index (κ1) is 25.6. The number of nitrogens with zero attached hydrogens (tertiary/aromatic N) is 2. The predicted octanol–water partition coefficient (Wildman–Crippen LogP) is 4.53. The van der Waals surface area contributed by atoms with Crippen LogP contribution in [0.15, 0.2) is 52.1 Å². The quantitative estimate of drug-likeness (QED) is 0.237. The fourth-order valence-corrected chi connectivity index (χ4v) is 4.31. The van der Waals surface area contributed by atoms with Crippen molar-refractivity contribution in [2.45, 2.75) is 51.6 Å². The van der Waals surface area contributed by atoms with E-state index in [0.29, 0.717) is 6.54 Å². The topological polar surface area (TPSA) is 81.9 Å². The lowest BCUT2D eigenvalue weighted by Crippen LogP contribution is -2.42. The minimum absolute atomic E-state index is 0. The van der Waals surface area contributed by atoms with Gasteiger partial charge in [0.15, 0.2) is 5.96 Å². The summed E-state index contributed by atoms with van der Waals surface area (Å²) < 4.78 is 5.73. The first-order valence-corrected chi connectivity index (χ1v) is 11.9. The number of benzene rings is 1. The molecule has 4 rings (SSSR count). The van der Waals surface area contributed by atoms with E-state index in [1.54, 1.807) is 6.26 Å². The highest BCUT2D eigenvalue weighted by atomic mass is 127. The van der Waals surface area contributed by atoms with Gasteiger partial charge < -0.3 is 20.4 Å². The molecule has 1 atom stereocenters. The molecule has 1 saturated carbocycles. The lowest BCUT2D eigenvalue weighted by Gasteiger charge is -2.26. The van der Waals surface area contributed by atoms with Gasteiger partial charge in [-0.05, 0) is 75.5 Å². The van der Waals surface area contributed by atoms with Crippen molar-refractivity contribution in [2.24, 2.45) is 10.9 Å². The van der Waals surface area contributed by atoms with E-state index in [9.17, 15) is 4.79 Å². The van der Waals surface area contributed by atoms with Crippen LogP contribution in [-0.4, -0.2) is 42.9 Å². The van der Waals surface area contributed by atoms with E-state index in [1.807, 2.05) is 30.3 Å². The number of hydrogen-bond donors (Lipinski definition) is 3. The van der Waals surface area contributed by atoms with E-state index >= 15 is 0 Å². The summed E-state index contributed by atoms with van der Waals surface area (Å²) in [5.41, 5.74) is 1.91. The van der Waals surface area contributed by atoms with Crippen molar-refractivity contribution in [2.75, 3.05) is 31.5 Å². The smallest absolute Gasteiger partial charge is 0.227 e. The Morgan fingerprint density at radius 2 is 1.97 bits per heavy atom. The van der Waals surface area contributed by atoms with Gasteiger partial charge in [-0.1, -0.05) is 18.6 Å². The molecule has 1 aromatic carbocycles. The van der Waals surface area contributed by atoms with Crippen LogP contribution in [-0.2, 0) is 11.3 Å². The van der Waals surface area contributed by atoms with Crippen molar-refractivity contribution in [3.8, 4) is 0 Å². The summed E-state index contributed by atoms with van der Waals surface area (Å²) >= 11 is 0. The van der Waals surface area contributed by atoms with Gasteiger partial charge in [-0.25, -0.2) is 4.99 Å². The van der Waals surface area contributed by atoms with Crippen LogP contribution in [0.25, 0.3) is 0 Å². The summed E-state index contributed by atoms with van der Waals surface area (Å²) in [6, 6.07) is 12.2. The number of furan rings is 1. The average molecular weight is 566 g/mol. The number of aliphatic imine (C=N–C) groups is 1. The summed E-state index contributed by atoms with van der Waals surface area (Å²) in [5.74, 6) is 2.09. The Labute approximate surface area is 213 Å². The number of amides is 1. The summed E-state index contributed by atoms with van der Waals surface area (Å²) in [5, 5.41) is 9.89. The normalized spacial score (nSPS) is 17.7. The number of halogens is 1. The molecule has 1 saturated heterocycles. The highest BCUT2D eigenvalue weighted by molar-refractivity contribution is 14.0. The maximum atomic E-state index is 12.2. The summed E-state index contributed by atoms with van der Waals surface area (Å²) in [6.45, 7) is 6.32. The van der Waals surface area contributed by atoms with E-state index < -0.39 is 0 Å². The molecule has 2 heterocycles. The van der Waals surface area contributed by atoms with Gasteiger partial charge >= 0.3 is 0 Å². The van der Waals surface area contributed by atoms with E-state index in [0.717, 1.165) is 68.4 Å². The number of guanidine groups is 1. The largest absolute Gasteiger partial charge is 0.468 e. The van der Waals surface area contributed by atoms with Crippen molar-refractivity contribution in [3.63, 3.8) is 0 Å². The molecule has 1 unspecified atom stereocenters. The van der Waals surface area contributed by atoms with Gasteiger partial charge in [-0.15, -0.1) is 24.0 Å². The Morgan fingerprint density at radius 3 is 2.64 bits per heavy atom. The molecular weight excluding hydrogens is 529 g/mol. The zero-order chi connectivity index (χ0) is 22.2. The first-order chi connectivity index (χ1) is 15.7. The average Bonchev–Trinajstić information content (AvgIpc) is 3.46. The Balaban J connectivity index is 0.00000306. The Kier molecular flexibility index (Phi) is 10.1. The zero-order valence-electron chi connectivity index (χ0n) is 19.4. The fourth-order valence-electron chi connectivity index (χ4n) is 4.31. The molecule has 3 N–H and O–H groups in total. The van der Waals surface area contributed by atoms with E-state index in [4.69, 9.17) is 9.41 Å². The van der Waals surface area contributed by atoms with Crippen LogP contribution in [0.3, 0.4) is 0 Å². The third-order valence-corrected chi connectivity index (χ3v) is 6.35. The molecule has 8 heteroatoms. The van der Waals surface area contributed by atoms with Crippen LogP contribution in [0.2, 0.25) is 0 Å². The molecule has 0 bridgehead atoms. The van der Waals surface area contributed by atoms with Gasteiger partial charge in [-0.3, -0.25) is 9.69 Å². The second-order valence-corrected chi connectivity index (χ2v) is 8.67. The van der Waals surface area contributed by atoms with Gasteiger partial charge in [-0.2, -0.15) is 0 Å². The van der Waals surface area contributed by atoms with Crippen LogP contribution in [0.5, 0.6) is 0 Å². The molecule has 0 spiro atoms. The van der Waals surface area contributed by atoms with E-state index in [1.165, 1.54) is 12.8 Å². The summed E-state index contributed by atoms with van der Waals surface area (Å²) in [7, 11) is 0. The standard InChI is InChI=1S/C25H35N5O2.HI/c1-2-26-25(28-18-22(23-12-7-15-32-23)30-13-3-4-14-30)27-17-19-8-5-11-21(16-19)29-24(31)20-9-6-10-20;/h5,7-8,11-12,15-16,20,22H,2-4,6,9-10,13-14,17-18H2,1H3,(H,29,31)(H2,26,27,28);1H. The minimum atomic E-state index is 0. The van der Waals surface area contributed by atoms with Crippen molar-refractivity contribution < 1.29 is 9.21 Å². The number of hydrogen-bond acceptors (Lipinski definition) is 4. The lowest BCUT2D eigenvalue weighted by atomic mass is 9.85. The van der Waals surface area contributed by atoms with Crippen LogP contribution in [0.4, 0.5) is 5.69 Å². The number of carbonyl (C=O) groups is 1. The van der Waals surface area contributed by atoms with E-state index in [-0.39, 0.29) is 41.8 Å². The molecule has 0 radical (unpaired) electrons. The second kappa shape index (κ2) is 13.0. The fraction of sp³-hybridized carbons (Fsp3) is 0.520. The number of nitrogens with one attached hydrogen (secondary N) is 3. The molecule has 33 heavy (non-hydrogen) atoms. The van der Waals surface area contributed by atoms with Gasteiger partial charge in [0, 0.05) is 24.7 Å². The summed E-state index contributed by atoms with van der Waals surface area (Å²) in [6.07, 6.45) is 7.38. The van der Waals surface area contributed by atoms with E-state index in [2.05, 4.69) is 33.8 Å². The van der Waals surface area contributed by atoms with Crippen LogP contribution in [0.1, 0.15) is 56.4 Å². The highest BCUT2D eigenvalue weighted by Crippen LogP contribution is 2.28. The monoisotopic (exact) mass is 565 g/mol. The number of carbonyl (C=O) groups excluding carboxylic acids is 1. The van der Waals surface area contributed by atoms with Gasteiger partial charge in [0.05, 0.1) is 18.8 Å². The molecule has 1 amide bonds. The van der Waals surface area contributed by atoms with Crippen molar-refractivity contribution in [1.29, 1.82) is 0 Å². The molecule has 2 aliphatic rings. The Bertz CT molecular complexity index is 892. The van der Waals surface area contributed by atoms with Crippen LogP contribution in [0, 0.1) is 5.92 Å². The highest BCUT2D eigenvalue weighted by Gasteiger charge is 2.26. The minimum Gasteiger partial charge on any atom is -0.468 e. The number of rotatable bonds is 9. The molecule has 2 aromatic rings. The number of likely N-dealkylation sites (tertiary alicyclic amines) is 1. The first-order valence-electron chi connectivity index (χ1n) is 11.9. The van der Waals surface area contributed by atoms with Crippen LogP contribution >= 0.6 is 24.0 Å². The van der Waals surface area contributed by atoms with Crippen molar-refractivity contribution in [3.05, 3.63) is 54.0 Å². The molecular formula is C25H36IN5O2. The molecule has 1 aliphatic carbocycles. The van der Waals surface area contributed by atoms with Gasteiger partial charge in [0.25, 0.3) is 0 Å². The second-order valence-electron chi connectivity index (χ2n) is 8.67. The third-order valence-electron chi connectivity index (χ3n) is 6.35. The van der Waals surface area contributed by atoms with Gasteiger partial charge in [0.1, 0.15) is 5.76 Å². The molecule has 7 nitrogen and oxygen atoms in total. The zero-order valence-corrected chi connectivity index (χ0v) is 21.7. The molecule has 2 fully saturated rings. The molecule has 1 aliphatic heterocycles. The SMILES string of the molecule is CCNC(=NCc1cccc(NC(=O)C2CCC2)c1)NCC(c1ccco1)N1CCCC1.I. The Morgan fingerprint density at radius 1 is 1.15 bits per heavy atom. The van der Waals surface area contributed by atoms with Crippen molar-refractivity contribution in [1.82, 2.24) is 15.5 Å². The predicted molar refractivity (Wildman–Crippen MR) is 143 cm³/mol. The lowest BCUT2D eigenvalue weighted by molar-refractivity contribution is -0.122. The van der Waals surface area contributed by atoms with Gasteiger partial charge in [0.2, 0.25) is 5.91 Å². The summed E-state index contributed by atoms with van der Waals surface area (Å²) in [4.78, 5) is 19.5. The van der Waals surface area contributed by atoms with Crippen molar-refractivity contribution >= 4 is 41.5 Å². The molecule has 180 valence electrons. The maximum Gasteiger partial charge on any atom is 0.227 e. The maximum absolute atomic E-state index is 12.2. The Hall–Kier alpha value is -2.07.